The van der Waals surface area contributed by atoms with Gasteiger partial charge in [-0.25, -0.2) is 0 Å². The third-order valence-electron chi connectivity index (χ3n) is 5.69. The van der Waals surface area contributed by atoms with Gasteiger partial charge in [0.25, 0.3) is 0 Å². The van der Waals surface area contributed by atoms with Gasteiger partial charge in [-0.2, -0.15) is 0 Å². The Kier molecular flexibility index (Phi) is 9.46. The van der Waals surface area contributed by atoms with Crippen molar-refractivity contribution in [1.82, 2.24) is 0 Å². The van der Waals surface area contributed by atoms with E-state index in [0.29, 0.717) is 13.0 Å². The van der Waals surface area contributed by atoms with E-state index in [1.807, 2.05) is 6.92 Å². The SMILES string of the molecule is CO[C@H]1/C=C/CCCCC(=O)OC/C(C)=C\[C@@H](C)[C@@H]1O[Si](C)(C)C(C)(C)C. The lowest BCUT2D eigenvalue weighted by molar-refractivity contribution is -0.142. The van der Waals surface area contributed by atoms with E-state index in [9.17, 15) is 4.79 Å². The number of hydrogen-bond donors (Lipinski definition) is 0. The Hall–Kier alpha value is -0.913. The molecular formula is C22H40O4Si. The van der Waals surface area contributed by atoms with Gasteiger partial charge in [-0.15, -0.1) is 0 Å². The molecule has 0 saturated carbocycles. The van der Waals surface area contributed by atoms with Crippen molar-refractivity contribution in [3.63, 3.8) is 0 Å². The molecule has 0 N–H and O–H groups in total. The fourth-order valence-electron chi connectivity index (χ4n) is 2.93. The summed E-state index contributed by atoms with van der Waals surface area (Å²) in [6, 6.07) is 0. The summed E-state index contributed by atoms with van der Waals surface area (Å²) >= 11 is 0. The lowest BCUT2D eigenvalue weighted by Crippen LogP contribution is -2.49. The highest BCUT2D eigenvalue weighted by molar-refractivity contribution is 6.74. The van der Waals surface area contributed by atoms with Gasteiger partial charge in [-0.1, -0.05) is 45.9 Å². The first-order valence-electron chi connectivity index (χ1n) is 10.2. The molecular weight excluding hydrogens is 356 g/mol. The first kappa shape index (κ1) is 24.1. The number of methoxy groups -OCH3 is 1. The Morgan fingerprint density at radius 3 is 2.48 bits per heavy atom. The minimum Gasteiger partial charge on any atom is -0.461 e. The maximum Gasteiger partial charge on any atom is 0.306 e. The van der Waals surface area contributed by atoms with Gasteiger partial charge in [-0.3, -0.25) is 4.79 Å². The molecule has 0 aromatic rings. The maximum absolute atomic E-state index is 11.8. The van der Waals surface area contributed by atoms with Crippen molar-refractivity contribution in [2.45, 2.75) is 90.6 Å². The van der Waals surface area contributed by atoms with Crippen molar-refractivity contribution >= 4 is 14.3 Å². The highest BCUT2D eigenvalue weighted by Gasteiger charge is 2.41. The number of hydrogen-bond acceptors (Lipinski definition) is 4. The van der Waals surface area contributed by atoms with Crippen molar-refractivity contribution in [3.8, 4) is 0 Å². The number of allylic oxidation sites excluding steroid dienone is 1. The van der Waals surface area contributed by atoms with Crippen molar-refractivity contribution in [2.75, 3.05) is 13.7 Å². The number of carbonyl (C=O) groups is 1. The maximum atomic E-state index is 11.8. The fraction of sp³-hybridized carbons (Fsp3) is 0.773. The van der Waals surface area contributed by atoms with Gasteiger partial charge in [0, 0.05) is 19.4 Å². The molecule has 0 spiro atoms. The molecule has 0 bridgehead atoms. The average molecular weight is 397 g/mol. The molecule has 1 aliphatic heterocycles. The topological polar surface area (TPSA) is 44.8 Å². The lowest BCUT2D eigenvalue weighted by Gasteiger charge is -2.42. The van der Waals surface area contributed by atoms with Crippen LogP contribution in [-0.4, -0.2) is 40.2 Å². The van der Waals surface area contributed by atoms with E-state index in [0.717, 1.165) is 24.8 Å². The van der Waals surface area contributed by atoms with E-state index >= 15 is 0 Å². The van der Waals surface area contributed by atoms with Crippen molar-refractivity contribution in [3.05, 3.63) is 23.8 Å². The normalized spacial score (nSPS) is 30.0. The molecule has 1 rings (SSSR count). The quantitative estimate of drug-likeness (QED) is 0.351. The van der Waals surface area contributed by atoms with Gasteiger partial charge >= 0.3 is 5.97 Å². The van der Waals surface area contributed by atoms with Crippen LogP contribution in [0.5, 0.6) is 0 Å². The summed E-state index contributed by atoms with van der Waals surface area (Å²) < 4.78 is 18.0. The second-order valence-electron chi connectivity index (χ2n) is 9.25. The van der Waals surface area contributed by atoms with Gasteiger partial charge in [0.05, 0.1) is 6.10 Å². The molecule has 156 valence electrons. The first-order valence-corrected chi connectivity index (χ1v) is 13.1. The standard InChI is InChI=1S/C22H40O4Si/c1-17-15-18(2)21(26-27(7,8)22(3,4)5)19(24-6)13-11-9-10-12-14-20(23)25-16-17/h11,13,15,18-19,21H,9-10,12,14,16H2,1-8H3/b13-11+,17-15-/t18-,19+,21+/m1/s1. The average Bonchev–Trinajstić information content (AvgIpc) is 2.56. The molecule has 0 amide bonds. The summed E-state index contributed by atoms with van der Waals surface area (Å²) in [6.07, 6.45) is 9.55. The minimum atomic E-state index is -1.96. The Bertz CT molecular complexity index is 531. The number of ether oxygens (including phenoxy) is 2. The van der Waals surface area contributed by atoms with Gasteiger partial charge in [0.2, 0.25) is 0 Å². The van der Waals surface area contributed by atoms with Crippen LogP contribution in [0.3, 0.4) is 0 Å². The van der Waals surface area contributed by atoms with Gasteiger partial charge in [0.1, 0.15) is 12.7 Å². The summed E-state index contributed by atoms with van der Waals surface area (Å²) in [6.45, 7) is 15.8. The molecule has 5 heteroatoms. The largest absolute Gasteiger partial charge is 0.461 e. The highest BCUT2D eigenvalue weighted by atomic mass is 28.4. The molecule has 0 aromatic heterocycles. The van der Waals surface area contributed by atoms with Gasteiger partial charge in [0.15, 0.2) is 8.32 Å². The molecule has 0 saturated heterocycles. The predicted molar refractivity (Wildman–Crippen MR) is 114 cm³/mol. The molecule has 0 aromatic carbocycles. The fourth-order valence-corrected chi connectivity index (χ4v) is 4.32. The van der Waals surface area contributed by atoms with Crippen LogP contribution < -0.4 is 0 Å². The second-order valence-corrected chi connectivity index (χ2v) is 14.0. The van der Waals surface area contributed by atoms with Crippen LogP contribution in [0.1, 0.15) is 60.3 Å². The molecule has 27 heavy (non-hydrogen) atoms. The van der Waals surface area contributed by atoms with E-state index < -0.39 is 8.32 Å². The summed E-state index contributed by atoms with van der Waals surface area (Å²) in [5, 5.41) is 0.127. The zero-order valence-electron chi connectivity index (χ0n) is 18.6. The van der Waals surface area contributed by atoms with Crippen molar-refractivity contribution < 1.29 is 18.7 Å². The molecule has 1 aliphatic rings. The minimum absolute atomic E-state index is 0.0688. The van der Waals surface area contributed by atoms with Crippen LogP contribution >= 0.6 is 0 Å². The molecule has 0 radical (unpaired) electrons. The second kappa shape index (κ2) is 10.6. The van der Waals surface area contributed by atoms with E-state index in [-0.39, 0.29) is 29.1 Å². The summed E-state index contributed by atoms with van der Waals surface area (Å²) in [5.41, 5.74) is 1.05. The van der Waals surface area contributed by atoms with E-state index in [4.69, 9.17) is 13.9 Å². The predicted octanol–water partition coefficient (Wildman–Crippen LogP) is 5.65. The van der Waals surface area contributed by atoms with Crippen LogP contribution in [-0.2, 0) is 18.7 Å². The zero-order chi connectivity index (χ0) is 20.7. The Morgan fingerprint density at radius 2 is 1.89 bits per heavy atom. The van der Waals surface area contributed by atoms with Crippen molar-refractivity contribution in [2.24, 2.45) is 5.92 Å². The van der Waals surface area contributed by atoms with E-state index in [1.165, 1.54) is 0 Å². The summed E-state index contributed by atoms with van der Waals surface area (Å²) in [5.74, 6) is 0.0376. The van der Waals surface area contributed by atoms with Crippen molar-refractivity contribution in [1.29, 1.82) is 0 Å². The molecule has 0 aliphatic carbocycles. The third-order valence-corrected chi connectivity index (χ3v) is 10.2. The summed E-state index contributed by atoms with van der Waals surface area (Å²) in [4.78, 5) is 11.8. The molecule has 3 atom stereocenters. The molecule has 0 fully saturated rings. The first-order chi connectivity index (χ1) is 12.5. The zero-order valence-corrected chi connectivity index (χ0v) is 19.6. The van der Waals surface area contributed by atoms with E-state index in [1.54, 1.807) is 7.11 Å². The molecule has 4 nitrogen and oxygen atoms in total. The molecule has 0 unspecified atom stereocenters. The smallest absolute Gasteiger partial charge is 0.306 e. The Balaban J connectivity index is 3.15. The molecule has 1 heterocycles. The van der Waals surface area contributed by atoms with Gasteiger partial charge in [-0.05, 0) is 49.9 Å². The van der Waals surface area contributed by atoms with Crippen LogP contribution in [0.2, 0.25) is 18.1 Å². The van der Waals surface area contributed by atoms with Crippen LogP contribution in [0.4, 0.5) is 0 Å². The number of rotatable bonds is 3. The van der Waals surface area contributed by atoms with E-state index in [2.05, 4.69) is 59.0 Å². The highest BCUT2D eigenvalue weighted by Crippen LogP contribution is 2.39. The number of carbonyl (C=O) groups excluding carboxylic acids is 1. The lowest BCUT2D eigenvalue weighted by atomic mass is 9.96. The number of esters is 1. The van der Waals surface area contributed by atoms with Crippen LogP contribution in [0, 0.1) is 5.92 Å². The monoisotopic (exact) mass is 396 g/mol. The Labute approximate surface area is 167 Å². The number of cyclic esters (lactones) is 1. The van der Waals surface area contributed by atoms with Crippen LogP contribution in [0.15, 0.2) is 23.8 Å². The van der Waals surface area contributed by atoms with Crippen LogP contribution in [0.25, 0.3) is 0 Å². The third kappa shape index (κ3) is 7.92. The van der Waals surface area contributed by atoms with Gasteiger partial charge < -0.3 is 13.9 Å². The Morgan fingerprint density at radius 1 is 1.22 bits per heavy atom. The summed E-state index contributed by atoms with van der Waals surface area (Å²) in [7, 11) is -0.207.